The predicted molar refractivity (Wildman–Crippen MR) is 75.8 cm³/mol. The van der Waals surface area contributed by atoms with Crippen LogP contribution in [0.25, 0.3) is 10.8 Å². The minimum absolute atomic E-state index is 0.0481. The van der Waals surface area contributed by atoms with E-state index in [4.69, 9.17) is 0 Å². The SMILES string of the molecule is Cc1cc2c(NC3(CO)CC3)ccc([N+](=O)[O-])c2cn1. The number of pyridine rings is 1. The number of non-ortho nitro benzene ring substituents is 1. The molecule has 0 radical (unpaired) electrons. The van der Waals surface area contributed by atoms with Gasteiger partial charge in [-0.3, -0.25) is 15.1 Å². The van der Waals surface area contributed by atoms with Gasteiger partial charge in [-0.2, -0.15) is 0 Å². The normalized spacial score (nSPS) is 16.1. The van der Waals surface area contributed by atoms with Gasteiger partial charge in [0.25, 0.3) is 5.69 Å². The third kappa shape index (κ3) is 2.08. The molecule has 3 rings (SSSR count). The van der Waals surface area contributed by atoms with E-state index in [-0.39, 0.29) is 17.8 Å². The summed E-state index contributed by atoms with van der Waals surface area (Å²) in [5.74, 6) is 0. The number of aryl methyl sites for hydroxylation is 1. The second-order valence-corrected chi connectivity index (χ2v) is 5.32. The van der Waals surface area contributed by atoms with Gasteiger partial charge in [-0.25, -0.2) is 0 Å². The van der Waals surface area contributed by atoms with Crippen LogP contribution in [0.4, 0.5) is 11.4 Å². The Hall–Kier alpha value is -2.21. The number of aliphatic hydroxyl groups is 1. The number of hydrogen-bond donors (Lipinski definition) is 2. The second-order valence-electron chi connectivity index (χ2n) is 5.32. The molecule has 1 aliphatic carbocycles. The van der Waals surface area contributed by atoms with Crippen molar-refractivity contribution < 1.29 is 10.0 Å². The lowest BCUT2D eigenvalue weighted by Gasteiger charge is -2.17. The number of nitro groups is 1. The molecule has 2 aromatic rings. The van der Waals surface area contributed by atoms with Crippen LogP contribution in [0.15, 0.2) is 24.4 Å². The summed E-state index contributed by atoms with van der Waals surface area (Å²) in [6.45, 7) is 1.91. The van der Waals surface area contributed by atoms with E-state index in [9.17, 15) is 15.2 Å². The summed E-state index contributed by atoms with van der Waals surface area (Å²) in [4.78, 5) is 14.8. The molecule has 0 saturated heterocycles. The molecule has 0 aliphatic heterocycles. The van der Waals surface area contributed by atoms with Gasteiger partial charge in [0, 0.05) is 29.0 Å². The summed E-state index contributed by atoms with van der Waals surface area (Å²) in [6, 6.07) is 5.02. The fraction of sp³-hybridized carbons (Fsp3) is 0.357. The summed E-state index contributed by atoms with van der Waals surface area (Å²) in [5, 5.41) is 25.1. The summed E-state index contributed by atoms with van der Waals surface area (Å²) in [5.41, 5.74) is 1.39. The van der Waals surface area contributed by atoms with Crippen LogP contribution in [0.3, 0.4) is 0 Å². The van der Waals surface area contributed by atoms with E-state index in [1.807, 2.05) is 13.0 Å². The highest BCUT2D eigenvalue weighted by molar-refractivity contribution is 5.99. The van der Waals surface area contributed by atoms with Crippen LogP contribution in [0, 0.1) is 17.0 Å². The lowest BCUT2D eigenvalue weighted by molar-refractivity contribution is -0.383. The molecule has 0 amide bonds. The lowest BCUT2D eigenvalue weighted by atomic mass is 10.1. The van der Waals surface area contributed by atoms with Gasteiger partial charge in [-0.1, -0.05) is 0 Å². The van der Waals surface area contributed by atoms with Crippen molar-refractivity contribution in [3.8, 4) is 0 Å². The molecule has 1 fully saturated rings. The Morgan fingerprint density at radius 1 is 1.45 bits per heavy atom. The number of nitrogens with one attached hydrogen (secondary N) is 1. The smallest absolute Gasteiger partial charge is 0.278 e. The molecule has 6 nitrogen and oxygen atoms in total. The molecule has 0 atom stereocenters. The highest BCUT2D eigenvalue weighted by Crippen LogP contribution is 2.41. The highest BCUT2D eigenvalue weighted by Gasteiger charge is 2.42. The first-order valence-corrected chi connectivity index (χ1v) is 6.47. The quantitative estimate of drug-likeness (QED) is 0.659. The molecule has 1 heterocycles. The lowest BCUT2D eigenvalue weighted by Crippen LogP contribution is -2.25. The summed E-state index contributed by atoms with van der Waals surface area (Å²) >= 11 is 0. The number of aromatic nitrogens is 1. The summed E-state index contributed by atoms with van der Waals surface area (Å²) < 4.78 is 0. The zero-order valence-corrected chi connectivity index (χ0v) is 11.1. The molecule has 1 aliphatic rings. The van der Waals surface area contributed by atoms with E-state index in [2.05, 4.69) is 10.3 Å². The minimum atomic E-state index is -0.401. The van der Waals surface area contributed by atoms with Crippen LogP contribution in [0.2, 0.25) is 0 Å². The Kier molecular flexibility index (Phi) is 2.83. The van der Waals surface area contributed by atoms with Crippen LogP contribution in [0.1, 0.15) is 18.5 Å². The van der Waals surface area contributed by atoms with Gasteiger partial charge in [0.1, 0.15) is 0 Å². The van der Waals surface area contributed by atoms with E-state index in [1.165, 1.54) is 12.3 Å². The van der Waals surface area contributed by atoms with Crippen LogP contribution < -0.4 is 5.32 Å². The van der Waals surface area contributed by atoms with Gasteiger partial charge in [-0.05, 0) is 31.9 Å². The predicted octanol–water partition coefficient (Wildman–Crippen LogP) is 2.39. The molecule has 20 heavy (non-hydrogen) atoms. The molecule has 6 heteroatoms. The fourth-order valence-electron chi connectivity index (χ4n) is 2.36. The molecular formula is C14H15N3O3. The van der Waals surface area contributed by atoms with Crippen molar-refractivity contribution in [1.29, 1.82) is 0 Å². The van der Waals surface area contributed by atoms with Crippen molar-refractivity contribution in [2.45, 2.75) is 25.3 Å². The highest BCUT2D eigenvalue weighted by atomic mass is 16.6. The first-order valence-electron chi connectivity index (χ1n) is 6.47. The molecule has 0 spiro atoms. The Morgan fingerprint density at radius 2 is 2.20 bits per heavy atom. The summed E-state index contributed by atoms with van der Waals surface area (Å²) in [6.07, 6.45) is 3.35. The number of benzene rings is 1. The third-order valence-corrected chi connectivity index (χ3v) is 3.77. The van der Waals surface area contributed by atoms with E-state index >= 15 is 0 Å². The molecule has 0 unspecified atom stereocenters. The van der Waals surface area contributed by atoms with Crippen molar-refractivity contribution >= 4 is 22.1 Å². The number of aliphatic hydroxyl groups excluding tert-OH is 1. The second kappa shape index (κ2) is 4.42. The first-order chi connectivity index (χ1) is 9.54. The maximum Gasteiger partial charge on any atom is 0.278 e. The van der Waals surface area contributed by atoms with Gasteiger partial charge in [-0.15, -0.1) is 0 Å². The zero-order valence-electron chi connectivity index (χ0n) is 11.1. The molecule has 1 saturated carbocycles. The average molecular weight is 273 g/mol. The van der Waals surface area contributed by atoms with Gasteiger partial charge < -0.3 is 10.4 Å². The molecule has 1 aromatic carbocycles. The van der Waals surface area contributed by atoms with Crippen molar-refractivity contribution in [2.24, 2.45) is 0 Å². The molecule has 1 aromatic heterocycles. The molecule has 0 bridgehead atoms. The molecule has 104 valence electrons. The van der Waals surface area contributed by atoms with Crippen molar-refractivity contribution in [3.05, 3.63) is 40.2 Å². The Labute approximate surface area is 115 Å². The number of fused-ring (bicyclic) bond motifs is 1. The molecule has 2 N–H and O–H groups in total. The topological polar surface area (TPSA) is 88.3 Å². The standard InChI is InChI=1S/C14H15N3O3/c1-9-6-10-11(7-15-9)13(17(19)20)3-2-12(10)16-14(8-18)4-5-14/h2-3,6-7,16,18H,4-5,8H2,1H3. The third-order valence-electron chi connectivity index (χ3n) is 3.77. The Bertz CT molecular complexity index is 695. The number of nitrogens with zero attached hydrogens (tertiary/aromatic N) is 2. The van der Waals surface area contributed by atoms with E-state index < -0.39 is 4.92 Å². The largest absolute Gasteiger partial charge is 0.394 e. The van der Waals surface area contributed by atoms with Gasteiger partial charge in [0.2, 0.25) is 0 Å². The maximum atomic E-state index is 11.1. The Morgan fingerprint density at radius 3 is 2.80 bits per heavy atom. The maximum absolute atomic E-state index is 11.1. The van der Waals surface area contributed by atoms with Crippen LogP contribution in [-0.4, -0.2) is 27.2 Å². The van der Waals surface area contributed by atoms with E-state index in [1.54, 1.807) is 6.07 Å². The van der Waals surface area contributed by atoms with Gasteiger partial charge >= 0.3 is 0 Å². The van der Waals surface area contributed by atoms with Crippen LogP contribution in [0.5, 0.6) is 0 Å². The van der Waals surface area contributed by atoms with Crippen molar-refractivity contribution in [2.75, 3.05) is 11.9 Å². The number of hydrogen-bond acceptors (Lipinski definition) is 5. The molecular weight excluding hydrogens is 258 g/mol. The Balaban J connectivity index is 2.15. The van der Waals surface area contributed by atoms with E-state index in [0.717, 1.165) is 29.6 Å². The number of anilines is 1. The summed E-state index contributed by atoms with van der Waals surface area (Å²) in [7, 11) is 0. The van der Waals surface area contributed by atoms with Crippen LogP contribution in [-0.2, 0) is 0 Å². The first kappa shape index (κ1) is 12.8. The number of nitro benzene ring substituents is 1. The van der Waals surface area contributed by atoms with Crippen molar-refractivity contribution in [1.82, 2.24) is 4.98 Å². The number of rotatable bonds is 4. The monoisotopic (exact) mass is 273 g/mol. The average Bonchev–Trinajstić information content (AvgIpc) is 3.19. The zero-order chi connectivity index (χ0) is 14.3. The van der Waals surface area contributed by atoms with Gasteiger partial charge in [0.05, 0.1) is 22.5 Å². The minimum Gasteiger partial charge on any atom is -0.394 e. The fourth-order valence-corrected chi connectivity index (χ4v) is 2.36. The van der Waals surface area contributed by atoms with E-state index in [0.29, 0.717) is 5.39 Å². The van der Waals surface area contributed by atoms with Gasteiger partial charge in [0.15, 0.2) is 0 Å². The van der Waals surface area contributed by atoms with Crippen molar-refractivity contribution in [3.63, 3.8) is 0 Å². The van der Waals surface area contributed by atoms with Crippen LogP contribution >= 0.6 is 0 Å².